The summed E-state index contributed by atoms with van der Waals surface area (Å²) in [6, 6.07) is 53.4. The van der Waals surface area contributed by atoms with Gasteiger partial charge in [0, 0.05) is 33.9 Å². The van der Waals surface area contributed by atoms with E-state index in [9.17, 15) is 0 Å². The second-order valence-corrected chi connectivity index (χ2v) is 15.9. The van der Waals surface area contributed by atoms with Crippen LogP contribution in [0.1, 0.15) is 71.2 Å². The molecule has 0 spiro atoms. The predicted molar refractivity (Wildman–Crippen MR) is 260 cm³/mol. The fraction of sp³-hybridized carbons (Fsp3) is 0.138. The maximum absolute atomic E-state index is 2.44. The van der Waals surface area contributed by atoms with Crippen LogP contribution in [-0.4, -0.2) is 0 Å². The lowest BCUT2D eigenvalue weighted by Crippen LogP contribution is -2.15. The van der Waals surface area contributed by atoms with Crippen LogP contribution in [0.3, 0.4) is 0 Å². The van der Waals surface area contributed by atoms with E-state index in [2.05, 4.69) is 232 Å². The third-order valence-electron chi connectivity index (χ3n) is 12.2. The van der Waals surface area contributed by atoms with Crippen molar-refractivity contribution in [3.8, 4) is 22.3 Å². The van der Waals surface area contributed by atoms with Crippen LogP contribution in [-0.2, 0) is 12.8 Å². The number of hydrogen-bond acceptors (Lipinski definition) is 2. The number of nitrogens with zero attached hydrogens (tertiary/aromatic N) is 2. The van der Waals surface area contributed by atoms with Crippen molar-refractivity contribution in [2.45, 2.75) is 53.4 Å². The first-order chi connectivity index (χ1) is 29.5. The Morgan fingerprint density at radius 1 is 0.450 bits per heavy atom. The Balaban J connectivity index is 1.06. The highest BCUT2D eigenvalue weighted by Gasteiger charge is 2.24. The van der Waals surface area contributed by atoms with E-state index >= 15 is 0 Å². The summed E-state index contributed by atoms with van der Waals surface area (Å²) in [7, 11) is 0. The maximum Gasteiger partial charge on any atom is 0.0542 e. The molecule has 0 aromatic heterocycles. The van der Waals surface area contributed by atoms with E-state index in [4.69, 9.17) is 0 Å². The van der Waals surface area contributed by atoms with Crippen LogP contribution in [0.25, 0.3) is 46.6 Å². The molecule has 0 heterocycles. The van der Waals surface area contributed by atoms with Gasteiger partial charge in [-0.05, 0) is 176 Å². The van der Waals surface area contributed by atoms with E-state index in [0.29, 0.717) is 0 Å². The average molecular weight is 777 g/mol. The third kappa shape index (κ3) is 7.46. The zero-order valence-electron chi connectivity index (χ0n) is 35.2. The molecular formula is C58H52N2. The molecule has 0 saturated heterocycles. The molecule has 2 nitrogen and oxygen atoms in total. The first kappa shape index (κ1) is 38.6. The standard InChI is InChI=1S/C58H52N2/c1-5-18-45-39-57(53(19-6-2)42(4)41(45)3)59(49-23-9-7-10-24-49)51-34-30-43(31-35-51)46-21-17-22-47(38-46)44-32-36-52(37-33-44)60(50-25-11-8-12-26-50)58-40-48-20-13-14-27-54(48)55-28-15-16-29-56(55)58/h5-13,16-26,29-40H,14-15,27-28H2,1-4H3/b18-5-,19-6-. The normalized spacial score (nSPS) is 13.1. The monoisotopic (exact) mass is 776 g/mol. The fourth-order valence-electron chi connectivity index (χ4n) is 9.12. The third-order valence-corrected chi connectivity index (χ3v) is 12.2. The quantitative estimate of drug-likeness (QED) is 0.136. The highest BCUT2D eigenvalue weighted by Crippen LogP contribution is 2.45. The molecule has 0 bridgehead atoms. The molecule has 7 aromatic rings. The van der Waals surface area contributed by atoms with Gasteiger partial charge in [-0.15, -0.1) is 0 Å². The largest absolute Gasteiger partial charge is 0.310 e. The second kappa shape index (κ2) is 17.1. The number of rotatable bonds is 10. The minimum absolute atomic E-state index is 1.10. The molecule has 0 unspecified atom stereocenters. The van der Waals surface area contributed by atoms with Gasteiger partial charge in [-0.3, -0.25) is 0 Å². The summed E-state index contributed by atoms with van der Waals surface area (Å²) in [5.41, 5.74) is 22.6. The van der Waals surface area contributed by atoms with Crippen LogP contribution in [0.4, 0.5) is 34.1 Å². The lowest BCUT2D eigenvalue weighted by Gasteiger charge is -2.31. The molecule has 2 aliphatic rings. The van der Waals surface area contributed by atoms with Crippen LogP contribution in [0.2, 0.25) is 0 Å². The molecule has 0 saturated carbocycles. The molecule has 294 valence electrons. The molecule has 0 radical (unpaired) electrons. The Morgan fingerprint density at radius 2 is 0.983 bits per heavy atom. The zero-order valence-corrected chi connectivity index (χ0v) is 35.2. The zero-order chi connectivity index (χ0) is 41.0. The number of allylic oxidation sites excluding steroid dienone is 4. The molecule has 2 aliphatic carbocycles. The summed E-state index contributed by atoms with van der Waals surface area (Å²) in [5, 5.41) is 0. The average Bonchev–Trinajstić information content (AvgIpc) is 3.31. The van der Waals surface area contributed by atoms with E-state index in [1.54, 1.807) is 0 Å². The van der Waals surface area contributed by atoms with Gasteiger partial charge in [0.15, 0.2) is 0 Å². The van der Waals surface area contributed by atoms with Crippen LogP contribution in [0.15, 0.2) is 170 Å². The number of benzene rings is 7. The topological polar surface area (TPSA) is 6.48 Å². The smallest absolute Gasteiger partial charge is 0.0542 e. The van der Waals surface area contributed by atoms with Crippen LogP contribution >= 0.6 is 0 Å². The molecule has 0 fully saturated rings. The van der Waals surface area contributed by atoms with Gasteiger partial charge in [0.1, 0.15) is 0 Å². The maximum atomic E-state index is 2.44. The van der Waals surface area contributed by atoms with Gasteiger partial charge in [-0.2, -0.15) is 0 Å². The summed E-state index contributed by atoms with van der Waals surface area (Å²) in [6.45, 7) is 8.65. The minimum Gasteiger partial charge on any atom is -0.310 e. The number of para-hydroxylation sites is 2. The van der Waals surface area contributed by atoms with Crippen LogP contribution < -0.4 is 9.80 Å². The predicted octanol–water partition coefficient (Wildman–Crippen LogP) is 16.6. The van der Waals surface area contributed by atoms with Crippen molar-refractivity contribution in [2.75, 3.05) is 9.80 Å². The Labute approximate surface area is 356 Å². The molecule has 0 atom stereocenters. The number of fused-ring (bicyclic) bond motifs is 3. The molecule has 9 rings (SSSR count). The van der Waals surface area contributed by atoms with E-state index in [-0.39, 0.29) is 0 Å². The summed E-state index contributed by atoms with van der Waals surface area (Å²) < 4.78 is 0. The van der Waals surface area contributed by atoms with E-state index in [1.807, 2.05) is 0 Å². The first-order valence-electron chi connectivity index (χ1n) is 21.4. The molecule has 2 heteroatoms. The van der Waals surface area contributed by atoms with Crippen molar-refractivity contribution >= 4 is 58.4 Å². The highest BCUT2D eigenvalue weighted by molar-refractivity contribution is 5.89. The summed E-state index contributed by atoms with van der Waals surface area (Å²) >= 11 is 0. The van der Waals surface area contributed by atoms with Crippen molar-refractivity contribution in [1.82, 2.24) is 0 Å². The Morgan fingerprint density at radius 3 is 1.57 bits per heavy atom. The summed E-state index contributed by atoms with van der Waals surface area (Å²) in [6.07, 6.45) is 22.5. The van der Waals surface area contributed by atoms with Crippen molar-refractivity contribution in [1.29, 1.82) is 0 Å². The van der Waals surface area contributed by atoms with E-state index < -0.39 is 0 Å². The van der Waals surface area contributed by atoms with Gasteiger partial charge < -0.3 is 9.80 Å². The van der Waals surface area contributed by atoms with Gasteiger partial charge in [0.2, 0.25) is 0 Å². The van der Waals surface area contributed by atoms with E-state index in [1.165, 1.54) is 78.1 Å². The number of hydrogen-bond donors (Lipinski definition) is 0. The van der Waals surface area contributed by atoms with Crippen LogP contribution in [0, 0.1) is 13.8 Å². The van der Waals surface area contributed by atoms with E-state index in [0.717, 1.165) is 48.4 Å². The second-order valence-electron chi connectivity index (χ2n) is 15.9. The number of anilines is 6. The van der Waals surface area contributed by atoms with Gasteiger partial charge in [-0.1, -0.05) is 127 Å². The van der Waals surface area contributed by atoms with Gasteiger partial charge in [0.05, 0.1) is 11.4 Å². The first-order valence-corrected chi connectivity index (χ1v) is 21.4. The van der Waals surface area contributed by atoms with Gasteiger partial charge in [0.25, 0.3) is 0 Å². The molecular weight excluding hydrogens is 725 g/mol. The molecule has 0 N–H and O–H groups in total. The minimum atomic E-state index is 1.10. The highest BCUT2D eigenvalue weighted by atomic mass is 15.1. The Hall–Kier alpha value is -6.90. The van der Waals surface area contributed by atoms with Gasteiger partial charge >= 0.3 is 0 Å². The lowest BCUT2D eigenvalue weighted by atomic mass is 9.84. The van der Waals surface area contributed by atoms with Gasteiger partial charge in [-0.25, -0.2) is 0 Å². The molecule has 60 heavy (non-hydrogen) atoms. The molecule has 0 aliphatic heterocycles. The Kier molecular flexibility index (Phi) is 11.0. The van der Waals surface area contributed by atoms with Crippen molar-refractivity contribution in [3.05, 3.63) is 214 Å². The summed E-state index contributed by atoms with van der Waals surface area (Å²) in [4.78, 5) is 4.83. The fourth-order valence-corrected chi connectivity index (χ4v) is 9.12. The van der Waals surface area contributed by atoms with Crippen molar-refractivity contribution < 1.29 is 0 Å². The lowest BCUT2D eigenvalue weighted by molar-refractivity contribution is 0.905. The van der Waals surface area contributed by atoms with Crippen molar-refractivity contribution in [3.63, 3.8) is 0 Å². The summed E-state index contributed by atoms with van der Waals surface area (Å²) in [5.74, 6) is 0. The Bertz CT molecular complexity index is 2660. The van der Waals surface area contributed by atoms with Crippen molar-refractivity contribution in [2.24, 2.45) is 0 Å². The SMILES string of the molecule is C/C=C\c1cc(N(c2ccccc2)c2ccc(-c3cccc(-c4ccc(N(c5ccccc5)c5cc6c(c7c5C=CCC7)CCC=C6)cc4)c3)cc2)c(/C=C\C)c(C)c1C. The molecule has 7 aromatic carbocycles. The molecule has 0 amide bonds. The van der Waals surface area contributed by atoms with Crippen LogP contribution in [0.5, 0.6) is 0 Å².